The van der Waals surface area contributed by atoms with Gasteiger partial charge in [-0.3, -0.25) is 10.5 Å². The first-order valence-electron chi connectivity index (χ1n) is 9.31. The standard InChI is InChI=1S/C21H18ClN3O5S2/c1-29-25-9-8-14(10-20(25)23)13-31(26)19-7-6-16(22)12-17(19)24-32(27,28)21-11-15-4-2-3-5-18(15)30-21/h2-12,23-24H,13H2,1H3/p+1. The van der Waals surface area contributed by atoms with Gasteiger partial charge in [-0.2, -0.15) is 8.42 Å². The minimum Gasteiger partial charge on any atom is -0.611 e. The second-order valence-electron chi connectivity index (χ2n) is 6.81. The Bertz CT molecular complexity index is 1360. The van der Waals surface area contributed by atoms with Crippen LogP contribution in [0.4, 0.5) is 11.5 Å². The summed E-state index contributed by atoms with van der Waals surface area (Å²) in [6, 6.07) is 16.2. The normalized spacial score (nSPS) is 12.6. The highest BCUT2D eigenvalue weighted by Crippen LogP contribution is 2.31. The lowest BCUT2D eigenvalue weighted by atomic mass is 10.3. The van der Waals surface area contributed by atoms with Gasteiger partial charge in [0.15, 0.2) is 4.90 Å². The summed E-state index contributed by atoms with van der Waals surface area (Å²) in [7, 11) is -2.61. The first-order chi connectivity index (χ1) is 15.3. The molecule has 4 rings (SSSR count). The molecule has 11 heteroatoms. The van der Waals surface area contributed by atoms with Gasteiger partial charge < -0.3 is 13.8 Å². The maximum absolute atomic E-state index is 13.1. The highest BCUT2D eigenvalue weighted by atomic mass is 35.5. The van der Waals surface area contributed by atoms with E-state index >= 15 is 0 Å². The van der Waals surface area contributed by atoms with Gasteiger partial charge in [-0.15, -0.1) is 0 Å². The van der Waals surface area contributed by atoms with Gasteiger partial charge in [-0.25, -0.2) is 0 Å². The summed E-state index contributed by atoms with van der Waals surface area (Å²) in [6.07, 6.45) is 1.61. The Morgan fingerprint density at radius 1 is 1.19 bits per heavy atom. The third kappa shape index (κ3) is 4.63. The van der Waals surface area contributed by atoms with E-state index in [0.29, 0.717) is 22.4 Å². The van der Waals surface area contributed by atoms with Crippen molar-refractivity contribution in [3.8, 4) is 0 Å². The summed E-state index contributed by atoms with van der Waals surface area (Å²) in [6.45, 7) is 0. The lowest BCUT2D eigenvalue weighted by Crippen LogP contribution is -2.42. The maximum atomic E-state index is 13.1. The van der Waals surface area contributed by atoms with Crippen molar-refractivity contribution >= 4 is 55.3 Å². The zero-order chi connectivity index (χ0) is 22.9. The Balaban J connectivity index is 1.63. The molecule has 0 fully saturated rings. The SMILES string of the molecule is CO[n+]1ccc(C[S+]([O-])c2ccc(Cl)cc2NS(=O)(=O)c2cc3ccccc3o2)cc1N. The van der Waals surface area contributed by atoms with Crippen LogP contribution in [-0.4, -0.2) is 20.1 Å². The van der Waals surface area contributed by atoms with E-state index in [0.717, 1.165) is 0 Å². The number of nitrogens with one attached hydrogen (secondary N) is 1. The van der Waals surface area contributed by atoms with E-state index in [2.05, 4.69) is 4.72 Å². The average molecular weight is 493 g/mol. The van der Waals surface area contributed by atoms with Gasteiger partial charge in [0, 0.05) is 28.1 Å². The Hall–Kier alpha value is -2.92. The number of nitrogens with zero attached hydrogens (tertiary/aromatic N) is 1. The molecule has 0 radical (unpaired) electrons. The summed E-state index contributed by atoms with van der Waals surface area (Å²) in [5.41, 5.74) is 7.13. The van der Waals surface area contributed by atoms with Crippen LogP contribution in [0.15, 0.2) is 81.3 Å². The van der Waals surface area contributed by atoms with Crippen LogP contribution in [-0.2, 0) is 27.0 Å². The topological polar surface area (TPSA) is 122 Å². The lowest BCUT2D eigenvalue weighted by molar-refractivity contribution is -0.874. The molecule has 0 aliphatic rings. The molecule has 32 heavy (non-hydrogen) atoms. The second kappa shape index (κ2) is 8.91. The third-order valence-electron chi connectivity index (χ3n) is 4.61. The number of furan rings is 1. The minimum absolute atomic E-state index is 0.104. The predicted molar refractivity (Wildman–Crippen MR) is 122 cm³/mol. The molecule has 0 saturated heterocycles. The number of aromatic nitrogens is 1. The van der Waals surface area contributed by atoms with Crippen molar-refractivity contribution in [3.63, 3.8) is 0 Å². The van der Waals surface area contributed by atoms with Crippen LogP contribution in [0.25, 0.3) is 11.0 Å². The van der Waals surface area contributed by atoms with Gasteiger partial charge in [0.1, 0.15) is 30.3 Å². The molecule has 0 aliphatic heterocycles. The summed E-state index contributed by atoms with van der Waals surface area (Å²) < 4.78 is 48.3. The molecular formula is C21H19ClN3O5S2+. The number of hydrogen-bond donors (Lipinski definition) is 2. The number of rotatable bonds is 7. The van der Waals surface area contributed by atoms with E-state index in [9.17, 15) is 13.0 Å². The van der Waals surface area contributed by atoms with Crippen molar-refractivity contribution in [2.45, 2.75) is 15.7 Å². The number of para-hydroxylation sites is 1. The Morgan fingerprint density at radius 3 is 2.69 bits per heavy atom. The third-order valence-corrected chi connectivity index (χ3v) is 7.50. The molecule has 2 aromatic carbocycles. The fourth-order valence-corrected chi connectivity index (χ4v) is 5.59. The molecule has 0 bridgehead atoms. The summed E-state index contributed by atoms with van der Waals surface area (Å²) in [4.78, 5) is 5.33. The van der Waals surface area contributed by atoms with Crippen molar-refractivity contribution in [1.82, 2.24) is 0 Å². The van der Waals surface area contributed by atoms with Gasteiger partial charge in [0.2, 0.25) is 5.09 Å². The van der Waals surface area contributed by atoms with Gasteiger partial charge in [0.05, 0.1) is 0 Å². The van der Waals surface area contributed by atoms with Crippen molar-refractivity contribution < 1.29 is 27.0 Å². The van der Waals surface area contributed by atoms with E-state index in [4.69, 9.17) is 26.6 Å². The van der Waals surface area contributed by atoms with E-state index in [1.807, 2.05) is 0 Å². The minimum atomic E-state index is -4.09. The molecule has 0 spiro atoms. The summed E-state index contributed by atoms with van der Waals surface area (Å²) >= 11 is 4.49. The molecule has 4 aromatic rings. The molecule has 0 aliphatic carbocycles. The number of fused-ring (bicyclic) bond motifs is 1. The van der Waals surface area contributed by atoms with E-state index in [1.54, 1.807) is 48.7 Å². The zero-order valence-electron chi connectivity index (χ0n) is 16.8. The van der Waals surface area contributed by atoms with Crippen molar-refractivity contribution in [2.75, 3.05) is 17.6 Å². The first kappa shape index (κ1) is 22.3. The van der Waals surface area contributed by atoms with Crippen LogP contribution in [0.5, 0.6) is 0 Å². The van der Waals surface area contributed by atoms with Crippen LogP contribution in [0.3, 0.4) is 0 Å². The maximum Gasteiger partial charge on any atom is 0.312 e. The molecule has 2 aromatic heterocycles. The molecule has 166 valence electrons. The lowest BCUT2D eigenvalue weighted by Gasteiger charge is -2.15. The number of anilines is 2. The number of nitrogens with two attached hydrogens (primary N) is 1. The second-order valence-corrected chi connectivity index (χ2v) is 10.3. The summed E-state index contributed by atoms with van der Waals surface area (Å²) in [5.74, 6) is 0.444. The number of nitrogen functional groups attached to an aromatic ring is 1. The number of sulfonamides is 1. The van der Waals surface area contributed by atoms with Gasteiger partial charge in [-0.1, -0.05) is 34.5 Å². The highest BCUT2D eigenvalue weighted by Gasteiger charge is 2.25. The van der Waals surface area contributed by atoms with Crippen LogP contribution in [0, 0.1) is 0 Å². The van der Waals surface area contributed by atoms with Crippen molar-refractivity contribution in [2.24, 2.45) is 0 Å². The molecule has 1 atom stereocenters. The molecule has 1 unspecified atom stereocenters. The first-order valence-corrected chi connectivity index (χ1v) is 12.5. The molecule has 8 nitrogen and oxygen atoms in total. The van der Waals surface area contributed by atoms with Crippen LogP contribution >= 0.6 is 11.6 Å². The molecule has 0 amide bonds. The van der Waals surface area contributed by atoms with Gasteiger partial charge >= 0.3 is 5.82 Å². The Morgan fingerprint density at radius 2 is 1.97 bits per heavy atom. The number of benzene rings is 2. The van der Waals surface area contributed by atoms with Gasteiger partial charge in [0.25, 0.3) is 10.0 Å². The van der Waals surface area contributed by atoms with Crippen LogP contribution in [0.1, 0.15) is 5.56 Å². The van der Waals surface area contributed by atoms with Crippen molar-refractivity contribution in [3.05, 3.63) is 77.4 Å². The fourth-order valence-electron chi connectivity index (χ4n) is 3.10. The van der Waals surface area contributed by atoms with Crippen LogP contribution < -0.4 is 20.0 Å². The summed E-state index contributed by atoms with van der Waals surface area (Å²) in [5, 5.41) is 0.686. The fraction of sp³-hybridized carbons (Fsp3) is 0.0952. The van der Waals surface area contributed by atoms with E-state index < -0.39 is 21.2 Å². The van der Waals surface area contributed by atoms with E-state index in [-0.39, 0.29) is 26.5 Å². The zero-order valence-corrected chi connectivity index (χ0v) is 19.2. The largest absolute Gasteiger partial charge is 0.611 e. The number of halogens is 1. The smallest absolute Gasteiger partial charge is 0.312 e. The monoisotopic (exact) mass is 492 g/mol. The van der Waals surface area contributed by atoms with E-state index in [1.165, 1.54) is 30.0 Å². The van der Waals surface area contributed by atoms with Crippen molar-refractivity contribution in [1.29, 1.82) is 0 Å². The number of pyridine rings is 1. The molecule has 2 heterocycles. The van der Waals surface area contributed by atoms with Crippen LogP contribution in [0.2, 0.25) is 5.02 Å². The molecular weight excluding hydrogens is 474 g/mol. The Labute approximate surface area is 192 Å². The number of hydrogen-bond acceptors (Lipinski definition) is 6. The Kier molecular flexibility index (Phi) is 6.20. The molecule has 3 N–H and O–H groups in total. The van der Waals surface area contributed by atoms with Gasteiger partial charge in [-0.05, 0) is 41.5 Å². The predicted octanol–water partition coefficient (Wildman–Crippen LogP) is 3.12. The molecule has 0 saturated carbocycles. The highest BCUT2D eigenvalue weighted by molar-refractivity contribution is 7.93. The average Bonchev–Trinajstić information content (AvgIpc) is 3.19. The quantitative estimate of drug-likeness (QED) is 0.302.